The van der Waals surface area contributed by atoms with Gasteiger partial charge in [0.1, 0.15) is 11.5 Å². The maximum Gasteiger partial charge on any atom is 0.232 e. The molecule has 2 rings (SSSR count). The zero-order chi connectivity index (χ0) is 22.9. The van der Waals surface area contributed by atoms with Gasteiger partial charge < -0.3 is 14.8 Å². The van der Waals surface area contributed by atoms with Crippen LogP contribution in [0, 0.1) is 0 Å². The van der Waals surface area contributed by atoms with Crippen LogP contribution in [0.2, 0.25) is 0 Å². The highest BCUT2D eigenvalue weighted by Crippen LogP contribution is 2.22. The van der Waals surface area contributed by atoms with Crippen LogP contribution in [0.5, 0.6) is 11.5 Å². The average molecular weight is 449 g/mol. The van der Waals surface area contributed by atoms with E-state index in [0.717, 1.165) is 17.6 Å². The molecule has 0 saturated heterocycles. The minimum atomic E-state index is -3.46. The molecule has 8 heteroatoms. The SMILES string of the molecule is CCOc1ccc(N(CCCC(=O)NCc2cccc(OC(C)C)c2)S(C)(=O)=O)cc1. The number of carbonyl (C=O) groups is 1. The monoisotopic (exact) mass is 448 g/mol. The van der Waals surface area contributed by atoms with Gasteiger partial charge >= 0.3 is 0 Å². The van der Waals surface area contributed by atoms with Crippen LogP contribution in [-0.2, 0) is 21.4 Å². The van der Waals surface area contributed by atoms with E-state index in [-0.39, 0.29) is 25.0 Å². The number of ether oxygens (including phenoxy) is 2. The van der Waals surface area contributed by atoms with Crippen molar-refractivity contribution in [3.63, 3.8) is 0 Å². The van der Waals surface area contributed by atoms with Gasteiger partial charge in [-0.05, 0) is 69.2 Å². The number of nitrogens with zero attached hydrogens (tertiary/aromatic N) is 1. The second-order valence-corrected chi connectivity index (χ2v) is 9.36. The lowest BCUT2D eigenvalue weighted by atomic mass is 10.2. The zero-order valence-corrected chi connectivity index (χ0v) is 19.4. The van der Waals surface area contributed by atoms with Crippen molar-refractivity contribution in [2.24, 2.45) is 0 Å². The Morgan fingerprint density at radius 2 is 1.81 bits per heavy atom. The topological polar surface area (TPSA) is 84.9 Å². The summed E-state index contributed by atoms with van der Waals surface area (Å²) in [6, 6.07) is 14.5. The summed E-state index contributed by atoms with van der Waals surface area (Å²) in [5.41, 5.74) is 1.49. The van der Waals surface area contributed by atoms with Gasteiger partial charge in [-0.1, -0.05) is 12.1 Å². The molecule has 170 valence electrons. The summed E-state index contributed by atoms with van der Waals surface area (Å²) in [7, 11) is -3.46. The van der Waals surface area contributed by atoms with E-state index in [0.29, 0.717) is 31.0 Å². The summed E-state index contributed by atoms with van der Waals surface area (Å²) < 4.78 is 36.8. The summed E-state index contributed by atoms with van der Waals surface area (Å²) in [4.78, 5) is 12.2. The molecule has 0 radical (unpaired) electrons. The quantitative estimate of drug-likeness (QED) is 0.535. The number of sulfonamides is 1. The van der Waals surface area contributed by atoms with Crippen LogP contribution in [-0.4, -0.2) is 39.8 Å². The molecule has 2 aromatic rings. The first-order valence-electron chi connectivity index (χ1n) is 10.4. The number of rotatable bonds is 12. The predicted octanol–water partition coefficient (Wildman–Crippen LogP) is 3.74. The van der Waals surface area contributed by atoms with Crippen LogP contribution in [0.4, 0.5) is 5.69 Å². The van der Waals surface area contributed by atoms with Crippen molar-refractivity contribution in [2.45, 2.75) is 46.3 Å². The van der Waals surface area contributed by atoms with Gasteiger partial charge in [-0.2, -0.15) is 0 Å². The van der Waals surface area contributed by atoms with E-state index in [2.05, 4.69) is 5.32 Å². The van der Waals surface area contributed by atoms with Gasteiger partial charge in [-0.3, -0.25) is 9.10 Å². The van der Waals surface area contributed by atoms with Crippen molar-refractivity contribution >= 4 is 21.6 Å². The van der Waals surface area contributed by atoms with Gasteiger partial charge in [0.25, 0.3) is 0 Å². The lowest BCUT2D eigenvalue weighted by Gasteiger charge is -2.22. The first-order valence-corrected chi connectivity index (χ1v) is 12.3. The molecule has 2 aromatic carbocycles. The highest BCUT2D eigenvalue weighted by Gasteiger charge is 2.17. The first kappa shape index (κ1) is 24.5. The Morgan fingerprint density at radius 1 is 1.10 bits per heavy atom. The third kappa shape index (κ3) is 8.49. The second kappa shape index (κ2) is 11.6. The molecule has 7 nitrogen and oxygen atoms in total. The van der Waals surface area contributed by atoms with E-state index < -0.39 is 10.0 Å². The number of benzene rings is 2. The first-order chi connectivity index (χ1) is 14.7. The highest BCUT2D eigenvalue weighted by atomic mass is 32.2. The van der Waals surface area contributed by atoms with Crippen LogP contribution < -0.4 is 19.1 Å². The minimum Gasteiger partial charge on any atom is -0.494 e. The van der Waals surface area contributed by atoms with E-state index >= 15 is 0 Å². The number of hydrogen-bond acceptors (Lipinski definition) is 5. The van der Waals surface area contributed by atoms with E-state index in [1.54, 1.807) is 24.3 Å². The van der Waals surface area contributed by atoms with Crippen molar-refractivity contribution in [1.82, 2.24) is 5.32 Å². The molecule has 1 amide bonds. The molecule has 31 heavy (non-hydrogen) atoms. The van der Waals surface area contributed by atoms with E-state index in [1.165, 1.54) is 4.31 Å². The van der Waals surface area contributed by atoms with Crippen molar-refractivity contribution in [3.8, 4) is 11.5 Å². The fraction of sp³-hybridized carbons (Fsp3) is 0.435. The minimum absolute atomic E-state index is 0.0815. The number of nitrogens with one attached hydrogen (secondary N) is 1. The lowest BCUT2D eigenvalue weighted by molar-refractivity contribution is -0.121. The molecular formula is C23H32N2O5S. The molecule has 0 spiro atoms. The zero-order valence-electron chi connectivity index (χ0n) is 18.6. The van der Waals surface area contributed by atoms with Crippen molar-refractivity contribution in [2.75, 3.05) is 23.7 Å². The molecule has 1 N–H and O–H groups in total. The molecule has 0 unspecified atom stereocenters. The van der Waals surface area contributed by atoms with Crippen LogP contribution in [0.1, 0.15) is 39.2 Å². The van der Waals surface area contributed by atoms with Crippen molar-refractivity contribution in [1.29, 1.82) is 0 Å². The predicted molar refractivity (Wildman–Crippen MR) is 123 cm³/mol. The molecule has 0 aliphatic heterocycles. The lowest BCUT2D eigenvalue weighted by Crippen LogP contribution is -2.32. The molecule has 0 aliphatic rings. The van der Waals surface area contributed by atoms with Gasteiger partial charge in [-0.15, -0.1) is 0 Å². The highest BCUT2D eigenvalue weighted by molar-refractivity contribution is 7.92. The van der Waals surface area contributed by atoms with Crippen LogP contribution in [0.15, 0.2) is 48.5 Å². The Hall–Kier alpha value is -2.74. The summed E-state index contributed by atoms with van der Waals surface area (Å²) in [5.74, 6) is 1.32. The summed E-state index contributed by atoms with van der Waals surface area (Å²) >= 11 is 0. The number of amides is 1. The molecule has 0 aliphatic carbocycles. The fourth-order valence-electron chi connectivity index (χ4n) is 3.03. The Labute approximate surface area is 185 Å². The molecule has 0 bridgehead atoms. The molecule has 0 heterocycles. The number of anilines is 1. The average Bonchev–Trinajstić information content (AvgIpc) is 2.70. The fourth-order valence-corrected chi connectivity index (χ4v) is 4.00. The van der Waals surface area contributed by atoms with E-state index in [9.17, 15) is 13.2 Å². The van der Waals surface area contributed by atoms with Crippen LogP contribution >= 0.6 is 0 Å². The maximum absolute atomic E-state index is 12.2. The Kier molecular flexibility index (Phi) is 9.18. The van der Waals surface area contributed by atoms with Gasteiger partial charge in [-0.25, -0.2) is 8.42 Å². The molecule has 0 saturated carbocycles. The smallest absolute Gasteiger partial charge is 0.232 e. The number of carbonyl (C=O) groups excluding carboxylic acids is 1. The van der Waals surface area contributed by atoms with Gasteiger partial charge in [0.15, 0.2) is 0 Å². The van der Waals surface area contributed by atoms with Gasteiger partial charge in [0.2, 0.25) is 15.9 Å². The van der Waals surface area contributed by atoms with Crippen LogP contribution in [0.25, 0.3) is 0 Å². The Morgan fingerprint density at radius 3 is 2.42 bits per heavy atom. The second-order valence-electron chi connectivity index (χ2n) is 7.46. The molecule has 0 atom stereocenters. The van der Waals surface area contributed by atoms with E-state index in [1.807, 2.05) is 45.0 Å². The summed E-state index contributed by atoms with van der Waals surface area (Å²) in [6.45, 7) is 6.96. The maximum atomic E-state index is 12.2. The standard InChI is InChI=1S/C23H32N2O5S/c1-5-29-21-13-11-20(12-14-21)25(31(4,27)28)15-7-10-23(26)24-17-19-8-6-9-22(16-19)30-18(2)3/h6,8-9,11-14,16,18H,5,7,10,15,17H2,1-4H3,(H,24,26). The van der Waals surface area contributed by atoms with E-state index in [4.69, 9.17) is 9.47 Å². The van der Waals surface area contributed by atoms with Gasteiger partial charge in [0.05, 0.1) is 24.7 Å². The largest absolute Gasteiger partial charge is 0.494 e. The molecular weight excluding hydrogens is 416 g/mol. The normalized spacial score (nSPS) is 11.3. The van der Waals surface area contributed by atoms with Gasteiger partial charge in [0, 0.05) is 19.5 Å². The summed E-state index contributed by atoms with van der Waals surface area (Å²) in [5, 5.41) is 2.87. The number of hydrogen-bond donors (Lipinski definition) is 1. The third-order valence-corrected chi connectivity index (χ3v) is 5.56. The molecule has 0 aromatic heterocycles. The van der Waals surface area contributed by atoms with Crippen molar-refractivity contribution in [3.05, 3.63) is 54.1 Å². The Balaban J connectivity index is 1.87. The Bertz CT molecular complexity index is 943. The summed E-state index contributed by atoms with van der Waals surface area (Å²) in [6.07, 6.45) is 1.88. The third-order valence-electron chi connectivity index (χ3n) is 4.36. The van der Waals surface area contributed by atoms with Crippen LogP contribution in [0.3, 0.4) is 0 Å². The molecule has 0 fully saturated rings. The van der Waals surface area contributed by atoms with Crippen molar-refractivity contribution < 1.29 is 22.7 Å².